The normalized spacial score (nSPS) is 42.1. The van der Waals surface area contributed by atoms with Crippen LogP contribution in [0.5, 0.6) is 0 Å². The molecule has 5 atom stereocenters. The Morgan fingerprint density at radius 2 is 1.76 bits per heavy atom. The number of carbonyl (C=O) groups is 1. The number of rotatable bonds is 1. The van der Waals surface area contributed by atoms with E-state index < -0.39 is 0 Å². The Morgan fingerprint density at radius 3 is 2.59 bits per heavy atom. The first-order valence-corrected chi connectivity index (χ1v) is 6.60. The van der Waals surface area contributed by atoms with Crippen LogP contribution in [0.1, 0.15) is 24.3 Å². The fraction of sp³-hybridized carbons (Fsp3) is 0.438. The Labute approximate surface area is 102 Å². The molecule has 1 aromatic carbocycles. The lowest BCUT2D eigenvalue weighted by Crippen LogP contribution is -2.21. The van der Waals surface area contributed by atoms with Crippen LogP contribution in [0, 0.1) is 23.7 Å². The Kier molecular flexibility index (Phi) is 1.88. The zero-order valence-corrected chi connectivity index (χ0v) is 9.75. The third kappa shape index (κ3) is 1.23. The van der Waals surface area contributed by atoms with E-state index in [9.17, 15) is 4.79 Å². The molecule has 0 unspecified atom stereocenters. The molecule has 0 radical (unpaired) electrons. The van der Waals surface area contributed by atoms with Crippen LogP contribution in [0.3, 0.4) is 0 Å². The van der Waals surface area contributed by atoms with Gasteiger partial charge in [-0.2, -0.15) is 0 Å². The summed E-state index contributed by atoms with van der Waals surface area (Å²) in [4.78, 5) is 12.2. The predicted octanol–water partition coefficient (Wildman–Crippen LogP) is 3.18. The van der Waals surface area contributed by atoms with Gasteiger partial charge in [-0.05, 0) is 35.7 Å². The molecule has 4 rings (SSSR count). The summed E-state index contributed by atoms with van der Waals surface area (Å²) in [5, 5.41) is 0. The van der Waals surface area contributed by atoms with Crippen LogP contribution in [-0.4, -0.2) is 5.78 Å². The molecule has 0 amide bonds. The quantitative estimate of drug-likeness (QED) is 0.670. The lowest BCUT2D eigenvalue weighted by Gasteiger charge is -2.25. The average molecular weight is 224 g/mol. The zero-order valence-electron chi connectivity index (χ0n) is 9.75. The van der Waals surface area contributed by atoms with Crippen LogP contribution in [0.15, 0.2) is 42.5 Å². The van der Waals surface area contributed by atoms with E-state index >= 15 is 0 Å². The Hall–Kier alpha value is -1.37. The van der Waals surface area contributed by atoms with Gasteiger partial charge >= 0.3 is 0 Å². The van der Waals surface area contributed by atoms with Crippen molar-refractivity contribution in [3.63, 3.8) is 0 Å². The second kappa shape index (κ2) is 3.32. The number of fused-ring (bicyclic) bond motifs is 5. The smallest absolute Gasteiger partial charge is 0.137 e. The summed E-state index contributed by atoms with van der Waals surface area (Å²) in [6, 6.07) is 10.6. The van der Waals surface area contributed by atoms with Gasteiger partial charge in [-0.25, -0.2) is 0 Å². The molecule has 1 nitrogen and oxygen atoms in total. The summed E-state index contributed by atoms with van der Waals surface area (Å²) in [6.07, 6.45) is 6.65. The number of allylic oxidation sites excluding steroid dienone is 2. The largest absolute Gasteiger partial charge is 0.299 e. The van der Waals surface area contributed by atoms with Crippen LogP contribution < -0.4 is 0 Å². The lowest BCUT2D eigenvalue weighted by molar-refractivity contribution is -0.121. The first-order valence-electron chi connectivity index (χ1n) is 6.60. The summed E-state index contributed by atoms with van der Waals surface area (Å²) in [6.45, 7) is 0. The van der Waals surface area contributed by atoms with Gasteiger partial charge in [-0.1, -0.05) is 42.5 Å². The molecule has 2 fully saturated rings. The monoisotopic (exact) mass is 224 g/mol. The van der Waals surface area contributed by atoms with Crippen molar-refractivity contribution >= 4 is 5.78 Å². The van der Waals surface area contributed by atoms with Gasteiger partial charge in [0, 0.05) is 12.3 Å². The van der Waals surface area contributed by atoms with Gasteiger partial charge < -0.3 is 0 Å². The number of ketones is 1. The average Bonchev–Trinajstić information content (AvgIpc) is 3.03. The molecule has 0 aliphatic heterocycles. The summed E-state index contributed by atoms with van der Waals surface area (Å²) in [5.74, 6) is 3.16. The number of Topliss-reactive ketones (excluding diaryl/α,β-unsaturated/α-hetero) is 1. The number of hydrogen-bond donors (Lipinski definition) is 0. The van der Waals surface area contributed by atoms with E-state index in [2.05, 4.69) is 42.5 Å². The molecule has 1 heteroatoms. The minimum absolute atomic E-state index is 0.343. The fourth-order valence-electron chi connectivity index (χ4n) is 4.39. The summed E-state index contributed by atoms with van der Waals surface area (Å²) < 4.78 is 0. The number of hydrogen-bond acceptors (Lipinski definition) is 1. The van der Waals surface area contributed by atoms with Crippen LogP contribution >= 0.6 is 0 Å². The molecular weight excluding hydrogens is 208 g/mol. The minimum atomic E-state index is 0.343. The van der Waals surface area contributed by atoms with Crippen molar-refractivity contribution in [1.29, 1.82) is 0 Å². The molecule has 17 heavy (non-hydrogen) atoms. The lowest BCUT2D eigenvalue weighted by atomic mass is 9.78. The SMILES string of the molecule is O=C1C[C@@H](c2ccccc2)[C@H]2[C@@H]1[C@@H]1C=C[C@H]2C1. The number of carbonyl (C=O) groups excluding carboxylic acids is 1. The van der Waals surface area contributed by atoms with Gasteiger partial charge in [0.1, 0.15) is 5.78 Å². The molecule has 0 heterocycles. The molecule has 3 aliphatic carbocycles. The Balaban J connectivity index is 1.75. The van der Waals surface area contributed by atoms with Crippen LogP contribution in [0.4, 0.5) is 0 Å². The molecule has 0 saturated heterocycles. The molecule has 86 valence electrons. The third-order valence-electron chi connectivity index (χ3n) is 5.01. The Bertz CT molecular complexity index is 488. The fourth-order valence-corrected chi connectivity index (χ4v) is 4.39. The molecule has 0 spiro atoms. The molecular formula is C16H16O. The van der Waals surface area contributed by atoms with Crippen LogP contribution in [-0.2, 0) is 4.79 Å². The molecule has 2 bridgehead atoms. The van der Waals surface area contributed by atoms with Gasteiger partial charge in [-0.3, -0.25) is 4.79 Å². The second-order valence-corrected chi connectivity index (χ2v) is 5.74. The highest BCUT2D eigenvalue weighted by molar-refractivity contribution is 5.86. The highest BCUT2D eigenvalue weighted by Crippen LogP contribution is 2.58. The molecule has 2 saturated carbocycles. The van der Waals surface area contributed by atoms with E-state index in [4.69, 9.17) is 0 Å². The van der Waals surface area contributed by atoms with E-state index in [0.29, 0.717) is 35.4 Å². The molecule has 3 aliphatic rings. The van der Waals surface area contributed by atoms with Crippen molar-refractivity contribution < 1.29 is 4.79 Å². The van der Waals surface area contributed by atoms with Crippen molar-refractivity contribution in [1.82, 2.24) is 0 Å². The summed E-state index contributed by atoms with van der Waals surface area (Å²) >= 11 is 0. The van der Waals surface area contributed by atoms with Gasteiger partial charge in [-0.15, -0.1) is 0 Å². The van der Waals surface area contributed by atoms with Crippen molar-refractivity contribution in [2.75, 3.05) is 0 Å². The van der Waals surface area contributed by atoms with Crippen LogP contribution in [0.25, 0.3) is 0 Å². The second-order valence-electron chi connectivity index (χ2n) is 5.74. The van der Waals surface area contributed by atoms with E-state index in [1.165, 1.54) is 12.0 Å². The van der Waals surface area contributed by atoms with Crippen molar-refractivity contribution in [2.24, 2.45) is 23.7 Å². The maximum atomic E-state index is 12.2. The van der Waals surface area contributed by atoms with Gasteiger partial charge in [0.2, 0.25) is 0 Å². The van der Waals surface area contributed by atoms with Gasteiger partial charge in [0.25, 0.3) is 0 Å². The standard InChI is InChI=1S/C16H16O/c17-14-9-13(10-4-2-1-3-5-10)15-11-6-7-12(8-11)16(14)15/h1-7,11-13,15-16H,8-9H2/t11-,12+,13-,15-,16+/m0/s1. The Morgan fingerprint density at radius 1 is 1.00 bits per heavy atom. The maximum Gasteiger partial charge on any atom is 0.137 e. The van der Waals surface area contributed by atoms with Crippen molar-refractivity contribution in [3.05, 3.63) is 48.0 Å². The van der Waals surface area contributed by atoms with E-state index in [1.54, 1.807) is 0 Å². The highest BCUT2D eigenvalue weighted by atomic mass is 16.1. The van der Waals surface area contributed by atoms with Crippen molar-refractivity contribution in [3.8, 4) is 0 Å². The van der Waals surface area contributed by atoms with Gasteiger partial charge in [0.15, 0.2) is 0 Å². The molecule has 1 aromatic rings. The number of benzene rings is 1. The predicted molar refractivity (Wildman–Crippen MR) is 66.5 cm³/mol. The molecule has 0 aromatic heterocycles. The summed E-state index contributed by atoms with van der Waals surface area (Å²) in [7, 11) is 0. The topological polar surface area (TPSA) is 17.1 Å². The first kappa shape index (κ1) is 9.64. The van der Waals surface area contributed by atoms with Crippen LogP contribution in [0.2, 0.25) is 0 Å². The summed E-state index contributed by atoms with van der Waals surface area (Å²) in [5.41, 5.74) is 1.37. The van der Waals surface area contributed by atoms with Gasteiger partial charge in [0.05, 0.1) is 0 Å². The maximum absolute atomic E-state index is 12.2. The molecule has 0 N–H and O–H groups in total. The van der Waals surface area contributed by atoms with E-state index in [1.807, 2.05) is 0 Å². The first-order chi connectivity index (χ1) is 8.34. The minimum Gasteiger partial charge on any atom is -0.299 e. The zero-order chi connectivity index (χ0) is 11.4. The van der Waals surface area contributed by atoms with E-state index in [-0.39, 0.29) is 0 Å². The van der Waals surface area contributed by atoms with Crippen molar-refractivity contribution in [2.45, 2.75) is 18.8 Å². The van der Waals surface area contributed by atoms with E-state index in [0.717, 1.165) is 6.42 Å². The third-order valence-corrected chi connectivity index (χ3v) is 5.01. The highest BCUT2D eigenvalue weighted by Gasteiger charge is 2.55.